The maximum atomic E-state index is 12.6. The fourth-order valence-corrected chi connectivity index (χ4v) is 6.29. The Morgan fingerprint density at radius 1 is 0.411 bits per heavy atom. The predicted molar refractivity (Wildman–Crippen MR) is 242 cm³/mol. The Bertz CT molecular complexity index is 1020. The van der Waals surface area contributed by atoms with Gasteiger partial charge < -0.3 is 14.2 Å². The Morgan fingerprint density at radius 2 is 0.786 bits per heavy atom. The number of carbonyl (C=O) groups is 2. The number of unbranched alkanes of at least 4 members (excludes halogenated alkanes) is 19. The molecular formula is C51H88O5. The summed E-state index contributed by atoms with van der Waals surface area (Å²) in [6.45, 7) is 7.54. The van der Waals surface area contributed by atoms with E-state index in [0.29, 0.717) is 19.4 Å². The van der Waals surface area contributed by atoms with Crippen molar-refractivity contribution in [1.82, 2.24) is 0 Å². The van der Waals surface area contributed by atoms with Crippen molar-refractivity contribution in [1.29, 1.82) is 0 Å². The first-order valence-electron chi connectivity index (χ1n) is 23.5. The van der Waals surface area contributed by atoms with E-state index in [0.717, 1.165) is 83.5 Å². The van der Waals surface area contributed by atoms with Crippen LogP contribution in [0.2, 0.25) is 0 Å². The molecule has 0 aliphatic rings. The molecule has 0 fully saturated rings. The summed E-state index contributed by atoms with van der Waals surface area (Å²) in [5, 5.41) is 0. The molecule has 0 aliphatic carbocycles. The van der Waals surface area contributed by atoms with Crippen LogP contribution in [0.4, 0.5) is 0 Å². The third-order valence-corrected chi connectivity index (χ3v) is 9.76. The first-order chi connectivity index (χ1) is 27.6. The van der Waals surface area contributed by atoms with Crippen molar-refractivity contribution in [3.05, 3.63) is 72.9 Å². The number of allylic oxidation sites excluding steroid dienone is 12. The molecule has 0 bridgehead atoms. The minimum absolute atomic E-state index is 0.0627. The fourth-order valence-electron chi connectivity index (χ4n) is 6.29. The molecule has 5 heteroatoms. The number of rotatable bonds is 42. The van der Waals surface area contributed by atoms with Gasteiger partial charge in [-0.05, 0) is 64.2 Å². The average Bonchev–Trinajstić information content (AvgIpc) is 3.20. The van der Waals surface area contributed by atoms with E-state index in [9.17, 15) is 9.59 Å². The molecule has 0 saturated heterocycles. The predicted octanol–water partition coefficient (Wildman–Crippen LogP) is 15.6. The smallest absolute Gasteiger partial charge is 0.306 e. The van der Waals surface area contributed by atoms with E-state index in [1.54, 1.807) is 0 Å². The molecule has 1 unspecified atom stereocenters. The third-order valence-electron chi connectivity index (χ3n) is 9.76. The Balaban J connectivity index is 4.25. The molecule has 0 spiro atoms. The van der Waals surface area contributed by atoms with Crippen LogP contribution in [-0.4, -0.2) is 37.9 Å². The molecule has 0 aromatic rings. The molecule has 322 valence electrons. The van der Waals surface area contributed by atoms with Gasteiger partial charge in [0.25, 0.3) is 0 Å². The van der Waals surface area contributed by atoms with Crippen molar-refractivity contribution in [2.24, 2.45) is 0 Å². The quantitative estimate of drug-likeness (QED) is 0.0351. The lowest BCUT2D eigenvalue weighted by atomic mass is 10.0. The highest BCUT2D eigenvalue weighted by Crippen LogP contribution is 2.14. The topological polar surface area (TPSA) is 61.8 Å². The van der Waals surface area contributed by atoms with Crippen LogP contribution >= 0.6 is 0 Å². The third kappa shape index (κ3) is 44.1. The van der Waals surface area contributed by atoms with Crippen molar-refractivity contribution in [2.75, 3.05) is 19.8 Å². The number of carbonyl (C=O) groups excluding carboxylic acids is 2. The Labute approximate surface area is 347 Å². The first kappa shape index (κ1) is 53.3. The molecule has 56 heavy (non-hydrogen) atoms. The zero-order valence-electron chi connectivity index (χ0n) is 36.9. The molecule has 0 aromatic carbocycles. The maximum Gasteiger partial charge on any atom is 0.306 e. The second-order valence-electron chi connectivity index (χ2n) is 15.3. The second kappa shape index (κ2) is 46.7. The van der Waals surface area contributed by atoms with Gasteiger partial charge in [-0.1, -0.05) is 209 Å². The van der Waals surface area contributed by atoms with Crippen molar-refractivity contribution in [3.63, 3.8) is 0 Å². The zero-order valence-corrected chi connectivity index (χ0v) is 36.9. The van der Waals surface area contributed by atoms with Gasteiger partial charge in [-0.2, -0.15) is 0 Å². The number of ether oxygens (including phenoxy) is 3. The highest BCUT2D eigenvalue weighted by Gasteiger charge is 2.17. The molecule has 0 rings (SSSR count). The summed E-state index contributed by atoms with van der Waals surface area (Å²) in [6.07, 6.45) is 59.2. The summed E-state index contributed by atoms with van der Waals surface area (Å²) in [6, 6.07) is 0. The van der Waals surface area contributed by atoms with Crippen LogP contribution in [0, 0.1) is 0 Å². The van der Waals surface area contributed by atoms with E-state index < -0.39 is 6.10 Å². The molecule has 5 nitrogen and oxygen atoms in total. The van der Waals surface area contributed by atoms with Gasteiger partial charge in [0.2, 0.25) is 0 Å². The number of hydrogen-bond acceptors (Lipinski definition) is 5. The summed E-state index contributed by atoms with van der Waals surface area (Å²) in [4.78, 5) is 25.1. The van der Waals surface area contributed by atoms with Gasteiger partial charge in [0.05, 0.1) is 6.61 Å². The minimum atomic E-state index is -0.562. The van der Waals surface area contributed by atoms with Crippen molar-refractivity contribution >= 4 is 11.9 Å². The Hall–Kier alpha value is -2.66. The standard InChI is InChI=1S/C51H88O5/c1-4-7-10-13-16-18-20-22-23-24-25-26-27-28-30-32-34-37-40-43-46-54-47-49(56-51(53)45-42-39-35-15-12-9-6-3)48-55-50(52)44-41-38-36-33-31-29-21-19-17-14-11-8-5-2/h7,10,16,18,22-23,25-26,28,30,34,37,49H,4-6,8-9,11-15,17,19-21,24,27,29,31-33,35-36,38-48H2,1-3H3/b10-7-,18-16-,23-22-,26-25-,30-28-,37-34-. The molecule has 0 heterocycles. The fraction of sp³-hybridized carbons (Fsp3) is 0.725. The van der Waals surface area contributed by atoms with Gasteiger partial charge >= 0.3 is 11.9 Å². The van der Waals surface area contributed by atoms with E-state index >= 15 is 0 Å². The van der Waals surface area contributed by atoms with Crippen LogP contribution in [0.5, 0.6) is 0 Å². The van der Waals surface area contributed by atoms with E-state index in [-0.39, 0.29) is 25.2 Å². The van der Waals surface area contributed by atoms with Crippen molar-refractivity contribution in [3.8, 4) is 0 Å². The number of esters is 2. The monoisotopic (exact) mass is 781 g/mol. The molecule has 0 saturated carbocycles. The number of hydrogen-bond donors (Lipinski definition) is 0. The van der Waals surface area contributed by atoms with Gasteiger partial charge in [-0.15, -0.1) is 0 Å². The van der Waals surface area contributed by atoms with E-state index in [4.69, 9.17) is 14.2 Å². The van der Waals surface area contributed by atoms with Crippen LogP contribution < -0.4 is 0 Å². The van der Waals surface area contributed by atoms with Crippen LogP contribution in [0.15, 0.2) is 72.9 Å². The maximum absolute atomic E-state index is 12.6. The Morgan fingerprint density at radius 3 is 1.21 bits per heavy atom. The Kier molecular flexibility index (Phi) is 44.5. The highest BCUT2D eigenvalue weighted by atomic mass is 16.6. The molecule has 0 aliphatic heterocycles. The van der Waals surface area contributed by atoms with Crippen molar-refractivity contribution < 1.29 is 23.8 Å². The van der Waals surface area contributed by atoms with E-state index in [1.165, 1.54) is 96.3 Å². The van der Waals surface area contributed by atoms with Gasteiger partial charge in [0.15, 0.2) is 6.10 Å². The van der Waals surface area contributed by atoms with Gasteiger partial charge in [0, 0.05) is 19.4 Å². The minimum Gasteiger partial charge on any atom is -0.462 e. The molecule has 1 atom stereocenters. The van der Waals surface area contributed by atoms with Crippen LogP contribution in [0.25, 0.3) is 0 Å². The van der Waals surface area contributed by atoms with Crippen LogP contribution in [0.3, 0.4) is 0 Å². The van der Waals surface area contributed by atoms with Gasteiger partial charge in [-0.3, -0.25) is 9.59 Å². The summed E-state index contributed by atoms with van der Waals surface area (Å²) < 4.78 is 17.2. The van der Waals surface area contributed by atoms with Gasteiger partial charge in [-0.25, -0.2) is 0 Å². The molecule has 0 aromatic heterocycles. The van der Waals surface area contributed by atoms with Crippen LogP contribution in [0.1, 0.15) is 213 Å². The summed E-state index contributed by atoms with van der Waals surface area (Å²) in [5.74, 6) is -0.434. The first-order valence-corrected chi connectivity index (χ1v) is 23.5. The SMILES string of the molecule is CC/C=C\C/C=C\C/C=C\C/C=C\C/C=C\C/C=C\CCCOCC(COC(=O)CCCCCCCCCCCCCCC)OC(=O)CCCCCCCCC. The lowest BCUT2D eigenvalue weighted by Crippen LogP contribution is -2.30. The molecule has 0 radical (unpaired) electrons. The largest absolute Gasteiger partial charge is 0.462 e. The summed E-state index contributed by atoms with van der Waals surface area (Å²) in [7, 11) is 0. The van der Waals surface area contributed by atoms with E-state index in [1.807, 2.05) is 0 Å². The van der Waals surface area contributed by atoms with Crippen LogP contribution in [-0.2, 0) is 23.8 Å². The molecule has 0 amide bonds. The molecular weight excluding hydrogens is 693 g/mol. The van der Waals surface area contributed by atoms with E-state index in [2.05, 4.69) is 93.7 Å². The lowest BCUT2D eigenvalue weighted by molar-refractivity contribution is -0.163. The van der Waals surface area contributed by atoms with Crippen molar-refractivity contribution in [2.45, 2.75) is 219 Å². The lowest BCUT2D eigenvalue weighted by Gasteiger charge is -2.18. The second-order valence-corrected chi connectivity index (χ2v) is 15.3. The molecule has 0 N–H and O–H groups in total. The summed E-state index contributed by atoms with van der Waals surface area (Å²) in [5.41, 5.74) is 0. The highest BCUT2D eigenvalue weighted by molar-refractivity contribution is 5.70. The summed E-state index contributed by atoms with van der Waals surface area (Å²) >= 11 is 0. The van der Waals surface area contributed by atoms with Gasteiger partial charge in [0.1, 0.15) is 6.61 Å². The zero-order chi connectivity index (χ0) is 40.7. The normalized spacial score (nSPS) is 12.8. The average molecular weight is 781 g/mol.